The normalized spacial score (nSPS) is 10.6. The maximum absolute atomic E-state index is 11.7. The number of ether oxygens (including phenoxy) is 1. The summed E-state index contributed by atoms with van der Waals surface area (Å²) in [5.74, 6) is -0.363. The lowest BCUT2D eigenvalue weighted by Gasteiger charge is -2.11. The van der Waals surface area contributed by atoms with Gasteiger partial charge in [-0.1, -0.05) is 36.4 Å². The fourth-order valence-electron chi connectivity index (χ4n) is 2.62. The summed E-state index contributed by atoms with van der Waals surface area (Å²) >= 11 is 0. The van der Waals surface area contributed by atoms with Gasteiger partial charge in [-0.15, -0.1) is 0 Å². The van der Waals surface area contributed by atoms with Crippen LogP contribution >= 0.6 is 0 Å². The Morgan fingerprint density at radius 2 is 1.82 bits per heavy atom. The van der Waals surface area contributed by atoms with E-state index in [1.165, 1.54) is 7.11 Å². The predicted octanol–water partition coefficient (Wildman–Crippen LogP) is 3.79. The van der Waals surface area contributed by atoms with E-state index in [-0.39, 0.29) is 12.6 Å². The molecule has 0 spiro atoms. The quantitative estimate of drug-likeness (QED) is 0.747. The summed E-state index contributed by atoms with van der Waals surface area (Å²) in [5, 5.41) is 11.4. The van der Waals surface area contributed by atoms with Crippen LogP contribution < -0.4 is 0 Å². The summed E-state index contributed by atoms with van der Waals surface area (Å²) in [6.45, 7) is -0.0434. The highest BCUT2D eigenvalue weighted by atomic mass is 16.5. The van der Waals surface area contributed by atoms with Crippen LogP contribution in [-0.2, 0) is 11.3 Å². The smallest absolute Gasteiger partial charge is 0.337 e. The molecule has 22 heavy (non-hydrogen) atoms. The van der Waals surface area contributed by atoms with E-state index in [0.717, 1.165) is 27.5 Å². The van der Waals surface area contributed by atoms with Gasteiger partial charge in [0.15, 0.2) is 0 Å². The van der Waals surface area contributed by atoms with E-state index in [0.29, 0.717) is 5.56 Å². The molecule has 0 aliphatic heterocycles. The second-order valence-corrected chi connectivity index (χ2v) is 5.10. The molecule has 0 radical (unpaired) electrons. The molecule has 0 amide bonds. The van der Waals surface area contributed by atoms with Gasteiger partial charge in [0, 0.05) is 0 Å². The van der Waals surface area contributed by atoms with Crippen molar-refractivity contribution in [1.82, 2.24) is 0 Å². The number of benzene rings is 3. The zero-order valence-corrected chi connectivity index (χ0v) is 12.2. The molecule has 0 saturated carbocycles. The zero-order valence-electron chi connectivity index (χ0n) is 12.2. The average Bonchev–Trinajstić information content (AvgIpc) is 2.60. The highest BCUT2D eigenvalue weighted by Crippen LogP contribution is 2.31. The number of rotatable bonds is 3. The van der Waals surface area contributed by atoms with Gasteiger partial charge in [0.25, 0.3) is 0 Å². The van der Waals surface area contributed by atoms with Crippen LogP contribution in [0.2, 0.25) is 0 Å². The number of hydrogen-bond acceptors (Lipinski definition) is 3. The molecule has 110 valence electrons. The van der Waals surface area contributed by atoms with Crippen molar-refractivity contribution in [2.24, 2.45) is 0 Å². The van der Waals surface area contributed by atoms with Crippen molar-refractivity contribution in [3.8, 4) is 11.1 Å². The van der Waals surface area contributed by atoms with Gasteiger partial charge >= 0.3 is 5.97 Å². The monoisotopic (exact) mass is 292 g/mol. The molecular weight excluding hydrogens is 276 g/mol. The molecule has 0 unspecified atom stereocenters. The third kappa shape index (κ3) is 2.59. The molecule has 0 aromatic heterocycles. The minimum Gasteiger partial charge on any atom is -0.465 e. The van der Waals surface area contributed by atoms with Crippen LogP contribution in [-0.4, -0.2) is 18.2 Å². The minimum absolute atomic E-state index is 0.0434. The molecule has 3 aromatic carbocycles. The molecule has 0 heterocycles. The first-order valence-corrected chi connectivity index (χ1v) is 7.04. The van der Waals surface area contributed by atoms with Gasteiger partial charge in [-0.25, -0.2) is 4.79 Å². The number of fused-ring (bicyclic) bond motifs is 1. The van der Waals surface area contributed by atoms with Crippen LogP contribution in [0.1, 0.15) is 15.9 Å². The van der Waals surface area contributed by atoms with Crippen molar-refractivity contribution in [1.29, 1.82) is 0 Å². The fraction of sp³-hybridized carbons (Fsp3) is 0.105. The summed E-state index contributed by atoms with van der Waals surface area (Å²) < 4.78 is 4.77. The Morgan fingerprint density at radius 1 is 1.05 bits per heavy atom. The van der Waals surface area contributed by atoms with E-state index in [4.69, 9.17) is 4.74 Å². The average molecular weight is 292 g/mol. The molecular formula is C19H16O3. The van der Waals surface area contributed by atoms with Crippen LogP contribution in [0.5, 0.6) is 0 Å². The molecule has 1 N–H and O–H groups in total. The zero-order chi connectivity index (χ0) is 15.5. The van der Waals surface area contributed by atoms with Crippen molar-refractivity contribution in [2.45, 2.75) is 6.61 Å². The van der Waals surface area contributed by atoms with E-state index in [1.54, 1.807) is 12.1 Å². The van der Waals surface area contributed by atoms with Crippen molar-refractivity contribution < 1.29 is 14.6 Å². The van der Waals surface area contributed by atoms with Crippen molar-refractivity contribution in [3.05, 3.63) is 71.8 Å². The van der Waals surface area contributed by atoms with Crippen molar-refractivity contribution in [2.75, 3.05) is 7.11 Å². The Balaban J connectivity index is 2.26. The SMILES string of the molecule is COC(=O)c1ccc2c(-c3ccccc3)cc(CO)cc2c1. The molecule has 0 aliphatic carbocycles. The van der Waals surface area contributed by atoms with Crippen molar-refractivity contribution in [3.63, 3.8) is 0 Å². The van der Waals surface area contributed by atoms with Crippen LogP contribution in [0.25, 0.3) is 21.9 Å². The van der Waals surface area contributed by atoms with E-state index in [2.05, 4.69) is 0 Å². The minimum atomic E-state index is -0.363. The Hall–Kier alpha value is -2.65. The molecule has 3 aromatic rings. The number of carbonyl (C=O) groups is 1. The molecule has 0 fully saturated rings. The van der Waals surface area contributed by atoms with Gasteiger partial charge in [0.2, 0.25) is 0 Å². The summed E-state index contributed by atoms with van der Waals surface area (Å²) in [4.78, 5) is 11.7. The number of hydrogen-bond donors (Lipinski definition) is 1. The van der Waals surface area contributed by atoms with E-state index in [9.17, 15) is 9.90 Å². The van der Waals surface area contributed by atoms with Crippen LogP contribution in [0.3, 0.4) is 0 Å². The molecule has 3 nitrogen and oxygen atoms in total. The summed E-state index contributed by atoms with van der Waals surface area (Å²) in [5.41, 5.74) is 3.43. The third-order valence-electron chi connectivity index (χ3n) is 3.70. The van der Waals surface area contributed by atoms with Gasteiger partial charge in [0.1, 0.15) is 0 Å². The highest BCUT2D eigenvalue weighted by molar-refractivity contribution is 6.01. The lowest BCUT2D eigenvalue weighted by atomic mass is 9.94. The van der Waals surface area contributed by atoms with E-state index < -0.39 is 0 Å². The van der Waals surface area contributed by atoms with E-state index in [1.807, 2.05) is 48.5 Å². The second-order valence-electron chi connectivity index (χ2n) is 5.10. The Kier molecular flexibility index (Phi) is 3.90. The Bertz CT molecular complexity index is 823. The third-order valence-corrected chi connectivity index (χ3v) is 3.70. The molecule has 3 heteroatoms. The largest absolute Gasteiger partial charge is 0.465 e. The number of aliphatic hydroxyl groups is 1. The van der Waals surface area contributed by atoms with Crippen LogP contribution in [0, 0.1) is 0 Å². The van der Waals surface area contributed by atoms with E-state index >= 15 is 0 Å². The second kappa shape index (κ2) is 6.00. The standard InChI is InChI=1S/C19H16O3/c1-22-19(21)15-7-8-17-16(11-15)9-13(12-20)10-18(17)14-5-3-2-4-6-14/h2-11,20H,12H2,1H3. The van der Waals surface area contributed by atoms with Gasteiger partial charge < -0.3 is 9.84 Å². The molecule has 0 saturated heterocycles. The topological polar surface area (TPSA) is 46.5 Å². The molecule has 0 bridgehead atoms. The van der Waals surface area contributed by atoms with Gasteiger partial charge in [0.05, 0.1) is 19.3 Å². The lowest BCUT2D eigenvalue weighted by Crippen LogP contribution is -2.01. The molecule has 0 aliphatic rings. The van der Waals surface area contributed by atoms with Gasteiger partial charge in [-0.2, -0.15) is 0 Å². The fourth-order valence-corrected chi connectivity index (χ4v) is 2.62. The van der Waals surface area contributed by atoms with Gasteiger partial charge in [-0.3, -0.25) is 0 Å². The first-order valence-electron chi connectivity index (χ1n) is 7.04. The molecule has 0 atom stereocenters. The number of carbonyl (C=O) groups excluding carboxylic acids is 1. The van der Waals surface area contributed by atoms with Crippen LogP contribution in [0.15, 0.2) is 60.7 Å². The number of esters is 1. The Morgan fingerprint density at radius 3 is 2.50 bits per heavy atom. The lowest BCUT2D eigenvalue weighted by molar-refractivity contribution is 0.0601. The maximum Gasteiger partial charge on any atom is 0.337 e. The maximum atomic E-state index is 11.7. The first-order chi connectivity index (χ1) is 10.7. The first kappa shape index (κ1) is 14.3. The number of methoxy groups -OCH3 is 1. The summed E-state index contributed by atoms with van der Waals surface area (Å²) in [6.07, 6.45) is 0. The highest BCUT2D eigenvalue weighted by Gasteiger charge is 2.10. The Labute approximate surface area is 128 Å². The van der Waals surface area contributed by atoms with Gasteiger partial charge in [-0.05, 0) is 51.7 Å². The summed E-state index contributed by atoms with van der Waals surface area (Å²) in [6, 6.07) is 19.4. The number of aliphatic hydroxyl groups excluding tert-OH is 1. The van der Waals surface area contributed by atoms with Crippen molar-refractivity contribution >= 4 is 16.7 Å². The predicted molar refractivity (Wildman–Crippen MR) is 86.6 cm³/mol. The summed E-state index contributed by atoms with van der Waals surface area (Å²) in [7, 11) is 1.37. The van der Waals surface area contributed by atoms with Crippen LogP contribution in [0.4, 0.5) is 0 Å². The molecule has 3 rings (SSSR count).